The molecule has 3 rings (SSSR count). The number of pyridine rings is 1. The molecule has 0 saturated heterocycles. The lowest BCUT2D eigenvalue weighted by molar-refractivity contribution is 0.803. The van der Waals surface area contributed by atoms with Crippen LogP contribution in [-0.4, -0.2) is 14.5 Å². The number of fused-ring (bicyclic) bond motifs is 1. The number of imidazole rings is 1. The van der Waals surface area contributed by atoms with E-state index in [0.29, 0.717) is 0 Å². The van der Waals surface area contributed by atoms with Crippen LogP contribution >= 0.6 is 23.6 Å². The van der Waals surface area contributed by atoms with Crippen LogP contribution in [-0.2, 0) is 6.54 Å². The van der Waals surface area contributed by atoms with Gasteiger partial charge in [-0.05, 0) is 46.7 Å². The number of hydrogen-bond acceptors (Lipinski definition) is 3. The Morgan fingerprint density at radius 2 is 2.38 bits per heavy atom. The van der Waals surface area contributed by atoms with Gasteiger partial charge in [-0.25, -0.2) is 4.98 Å². The third-order valence-electron chi connectivity index (χ3n) is 2.45. The van der Waals surface area contributed by atoms with Crippen molar-refractivity contribution in [3.8, 4) is 0 Å². The summed E-state index contributed by atoms with van der Waals surface area (Å²) < 4.78 is 2.74. The molecule has 0 unspecified atom stereocenters. The summed E-state index contributed by atoms with van der Waals surface area (Å²) in [4.78, 5) is 7.51. The van der Waals surface area contributed by atoms with Gasteiger partial charge in [0.05, 0.1) is 12.1 Å². The maximum atomic E-state index is 5.30. The summed E-state index contributed by atoms with van der Waals surface area (Å²) in [6.45, 7) is 0.777. The first-order valence-electron chi connectivity index (χ1n) is 4.89. The molecule has 0 atom stereocenters. The second kappa shape index (κ2) is 3.84. The van der Waals surface area contributed by atoms with Gasteiger partial charge >= 0.3 is 0 Å². The Kier molecular flexibility index (Phi) is 2.34. The average molecular weight is 247 g/mol. The smallest absolute Gasteiger partial charge is 0.179 e. The summed E-state index contributed by atoms with van der Waals surface area (Å²) >= 11 is 6.99. The molecule has 5 heteroatoms. The molecule has 0 saturated carbocycles. The fourth-order valence-corrected chi connectivity index (χ4v) is 2.62. The number of nitrogens with one attached hydrogen (secondary N) is 1. The molecule has 3 aromatic heterocycles. The molecule has 0 amide bonds. The van der Waals surface area contributed by atoms with Gasteiger partial charge < -0.3 is 4.98 Å². The predicted molar refractivity (Wildman–Crippen MR) is 68.3 cm³/mol. The summed E-state index contributed by atoms with van der Waals surface area (Å²) in [6, 6.07) is 6.00. The third-order valence-corrected chi connectivity index (χ3v) is 3.50. The van der Waals surface area contributed by atoms with Gasteiger partial charge in [-0.2, -0.15) is 11.3 Å². The van der Waals surface area contributed by atoms with Gasteiger partial charge in [-0.1, -0.05) is 0 Å². The Bertz CT molecular complexity index is 664. The van der Waals surface area contributed by atoms with Crippen molar-refractivity contribution in [3.05, 3.63) is 45.5 Å². The highest BCUT2D eigenvalue weighted by atomic mass is 32.1. The van der Waals surface area contributed by atoms with E-state index in [0.717, 1.165) is 22.5 Å². The lowest BCUT2D eigenvalue weighted by Crippen LogP contribution is -1.99. The Morgan fingerprint density at radius 3 is 3.19 bits per heavy atom. The molecule has 80 valence electrons. The molecule has 0 aromatic carbocycles. The van der Waals surface area contributed by atoms with Gasteiger partial charge in [0.15, 0.2) is 10.4 Å². The standard InChI is InChI=1S/C11H9N3S2/c15-11-13-9-2-1-4-12-10(9)14(11)6-8-3-5-16-7-8/h1-5,7H,6H2,(H,13,15). The first kappa shape index (κ1) is 9.74. The Balaban J connectivity index is 2.16. The van der Waals surface area contributed by atoms with Crippen molar-refractivity contribution in [3.63, 3.8) is 0 Å². The van der Waals surface area contributed by atoms with Crippen LogP contribution in [0.1, 0.15) is 5.56 Å². The van der Waals surface area contributed by atoms with E-state index in [1.54, 1.807) is 17.5 Å². The average Bonchev–Trinajstić information content (AvgIpc) is 2.89. The van der Waals surface area contributed by atoms with E-state index in [1.165, 1.54) is 5.56 Å². The predicted octanol–water partition coefficient (Wildman–Crippen LogP) is 3.20. The Hall–Kier alpha value is -1.46. The largest absolute Gasteiger partial charge is 0.329 e. The number of nitrogens with zero attached hydrogens (tertiary/aromatic N) is 2. The van der Waals surface area contributed by atoms with Crippen molar-refractivity contribution in [1.82, 2.24) is 14.5 Å². The van der Waals surface area contributed by atoms with Gasteiger partial charge in [0.2, 0.25) is 0 Å². The summed E-state index contributed by atoms with van der Waals surface area (Å²) in [5, 5.41) is 4.20. The fourth-order valence-electron chi connectivity index (χ4n) is 1.70. The van der Waals surface area contributed by atoms with Crippen LogP contribution in [0.4, 0.5) is 0 Å². The van der Waals surface area contributed by atoms with Gasteiger partial charge in [-0.15, -0.1) is 0 Å². The molecule has 0 bridgehead atoms. The van der Waals surface area contributed by atoms with E-state index in [2.05, 4.69) is 26.8 Å². The van der Waals surface area contributed by atoms with Gasteiger partial charge in [0.1, 0.15) is 0 Å². The van der Waals surface area contributed by atoms with Crippen molar-refractivity contribution in [1.29, 1.82) is 0 Å². The zero-order valence-electron chi connectivity index (χ0n) is 8.38. The zero-order valence-corrected chi connectivity index (χ0v) is 10.0. The number of hydrogen-bond donors (Lipinski definition) is 1. The van der Waals surface area contributed by atoms with Crippen LogP contribution in [0.15, 0.2) is 35.2 Å². The Labute approximate surface area is 101 Å². The van der Waals surface area contributed by atoms with Crippen molar-refractivity contribution < 1.29 is 0 Å². The quantitative estimate of drug-likeness (QED) is 0.705. The maximum absolute atomic E-state index is 5.30. The fraction of sp³-hybridized carbons (Fsp3) is 0.0909. The van der Waals surface area contributed by atoms with E-state index in [1.807, 2.05) is 16.7 Å². The molecule has 0 aliphatic carbocycles. The van der Waals surface area contributed by atoms with Crippen molar-refractivity contribution in [2.24, 2.45) is 0 Å². The third kappa shape index (κ3) is 1.58. The number of thiophene rings is 1. The molecule has 0 fully saturated rings. The number of aromatic nitrogens is 3. The lowest BCUT2D eigenvalue weighted by atomic mass is 10.3. The number of H-pyrrole nitrogens is 1. The number of aromatic amines is 1. The second-order valence-corrected chi connectivity index (χ2v) is 4.69. The molecule has 0 spiro atoms. The van der Waals surface area contributed by atoms with Crippen LogP contribution in [0.3, 0.4) is 0 Å². The van der Waals surface area contributed by atoms with Crippen molar-refractivity contribution >= 4 is 34.7 Å². The van der Waals surface area contributed by atoms with E-state index >= 15 is 0 Å². The van der Waals surface area contributed by atoms with Gasteiger partial charge in [0, 0.05) is 6.20 Å². The van der Waals surface area contributed by atoms with E-state index < -0.39 is 0 Å². The minimum atomic E-state index is 0.722. The zero-order chi connectivity index (χ0) is 11.0. The molecule has 0 radical (unpaired) electrons. The molecular formula is C11H9N3S2. The van der Waals surface area contributed by atoms with E-state index in [9.17, 15) is 0 Å². The lowest BCUT2D eigenvalue weighted by Gasteiger charge is -2.00. The van der Waals surface area contributed by atoms with E-state index in [-0.39, 0.29) is 0 Å². The molecule has 0 aliphatic rings. The summed E-state index contributed by atoms with van der Waals surface area (Å²) in [6.07, 6.45) is 1.79. The topological polar surface area (TPSA) is 33.6 Å². The van der Waals surface area contributed by atoms with Crippen LogP contribution in [0.2, 0.25) is 0 Å². The molecule has 3 heterocycles. The number of rotatable bonds is 2. The molecular weight excluding hydrogens is 238 g/mol. The molecule has 3 aromatic rings. The molecule has 16 heavy (non-hydrogen) atoms. The summed E-state index contributed by atoms with van der Waals surface area (Å²) in [7, 11) is 0. The highest BCUT2D eigenvalue weighted by molar-refractivity contribution is 7.71. The minimum absolute atomic E-state index is 0.722. The van der Waals surface area contributed by atoms with Crippen LogP contribution in [0.25, 0.3) is 11.2 Å². The minimum Gasteiger partial charge on any atom is -0.329 e. The van der Waals surface area contributed by atoms with Gasteiger partial charge in [-0.3, -0.25) is 4.57 Å². The molecule has 1 N–H and O–H groups in total. The van der Waals surface area contributed by atoms with Crippen molar-refractivity contribution in [2.75, 3.05) is 0 Å². The first-order chi connectivity index (χ1) is 7.84. The normalized spacial score (nSPS) is 11.0. The summed E-state index contributed by atoms with van der Waals surface area (Å²) in [5.41, 5.74) is 3.16. The SMILES string of the molecule is S=c1[nH]c2cccnc2n1Cc1ccsc1. The maximum Gasteiger partial charge on any atom is 0.179 e. The monoisotopic (exact) mass is 247 g/mol. The molecule has 0 aliphatic heterocycles. The van der Waals surface area contributed by atoms with Crippen LogP contribution in [0.5, 0.6) is 0 Å². The summed E-state index contributed by atoms with van der Waals surface area (Å²) in [5.74, 6) is 0. The van der Waals surface area contributed by atoms with Crippen LogP contribution in [0, 0.1) is 4.77 Å². The van der Waals surface area contributed by atoms with Crippen molar-refractivity contribution in [2.45, 2.75) is 6.54 Å². The molecule has 3 nitrogen and oxygen atoms in total. The highest BCUT2D eigenvalue weighted by Gasteiger charge is 2.05. The second-order valence-electron chi connectivity index (χ2n) is 3.52. The van der Waals surface area contributed by atoms with E-state index in [4.69, 9.17) is 12.2 Å². The van der Waals surface area contributed by atoms with Crippen LogP contribution < -0.4 is 0 Å². The highest BCUT2D eigenvalue weighted by Crippen LogP contribution is 2.14. The van der Waals surface area contributed by atoms with Gasteiger partial charge in [0.25, 0.3) is 0 Å². The Morgan fingerprint density at radius 1 is 1.44 bits per heavy atom. The first-order valence-corrected chi connectivity index (χ1v) is 6.24.